The highest BCUT2D eigenvalue weighted by atomic mass is 35.5. The Balaban J connectivity index is 1.66. The van der Waals surface area contributed by atoms with Gasteiger partial charge in [-0.05, 0) is 48.1 Å². The van der Waals surface area contributed by atoms with Crippen molar-refractivity contribution >= 4 is 35.0 Å². The molecule has 1 fully saturated rings. The van der Waals surface area contributed by atoms with Gasteiger partial charge in [0.05, 0.1) is 0 Å². The lowest BCUT2D eigenvalue weighted by Gasteiger charge is -2.34. The Morgan fingerprint density at radius 1 is 0.900 bits per heavy atom. The summed E-state index contributed by atoms with van der Waals surface area (Å²) in [7, 11) is 0. The van der Waals surface area contributed by atoms with E-state index in [2.05, 4.69) is 19.2 Å². The average molecular weight is 582 g/mol. The molecule has 1 N–H and O–H groups in total. The van der Waals surface area contributed by atoms with Gasteiger partial charge in [0, 0.05) is 34.6 Å². The zero-order valence-electron chi connectivity index (χ0n) is 23.2. The number of rotatable bonds is 11. The van der Waals surface area contributed by atoms with Crippen LogP contribution >= 0.6 is 23.2 Å². The molecule has 1 atom stereocenters. The third kappa shape index (κ3) is 8.02. The van der Waals surface area contributed by atoms with E-state index in [1.807, 2.05) is 54.6 Å². The summed E-state index contributed by atoms with van der Waals surface area (Å²) in [5.41, 5.74) is 2.58. The quantitative estimate of drug-likeness (QED) is 0.254. The Bertz CT molecular complexity index is 1260. The molecule has 0 unspecified atom stereocenters. The summed E-state index contributed by atoms with van der Waals surface area (Å²) in [4.78, 5) is 29.5. The molecule has 0 heterocycles. The van der Waals surface area contributed by atoms with Crippen LogP contribution < -0.4 is 10.1 Å². The Morgan fingerprint density at radius 3 is 2.23 bits per heavy atom. The van der Waals surface area contributed by atoms with E-state index in [-0.39, 0.29) is 36.9 Å². The smallest absolute Gasteiger partial charge is 0.261 e. The number of nitrogens with one attached hydrogen (secondary N) is 1. The second-order valence-corrected chi connectivity index (χ2v) is 11.6. The Morgan fingerprint density at radius 2 is 1.55 bits per heavy atom. The van der Waals surface area contributed by atoms with Crippen LogP contribution in [0.5, 0.6) is 5.75 Å². The maximum absolute atomic E-state index is 14.0. The Hall–Kier alpha value is -3.02. The predicted molar refractivity (Wildman–Crippen MR) is 162 cm³/mol. The van der Waals surface area contributed by atoms with Gasteiger partial charge in [0.15, 0.2) is 6.61 Å². The van der Waals surface area contributed by atoms with Gasteiger partial charge in [0.2, 0.25) is 5.91 Å². The lowest BCUT2D eigenvalue weighted by atomic mass is 9.94. The van der Waals surface area contributed by atoms with Gasteiger partial charge in [-0.25, -0.2) is 0 Å². The molecule has 1 saturated carbocycles. The van der Waals surface area contributed by atoms with Crippen molar-refractivity contribution in [1.29, 1.82) is 0 Å². The molecular formula is C33H38Cl2N2O3. The molecular weight excluding hydrogens is 543 g/mol. The van der Waals surface area contributed by atoms with E-state index in [1.54, 1.807) is 23.1 Å². The van der Waals surface area contributed by atoms with Crippen molar-refractivity contribution in [3.8, 4) is 5.75 Å². The van der Waals surface area contributed by atoms with Gasteiger partial charge in [0.25, 0.3) is 5.91 Å². The van der Waals surface area contributed by atoms with Gasteiger partial charge in [-0.3, -0.25) is 9.59 Å². The molecule has 2 amide bonds. The summed E-state index contributed by atoms with van der Waals surface area (Å²) in [5.74, 6) is 0.411. The molecule has 0 aliphatic heterocycles. The molecule has 1 aliphatic carbocycles. The fraction of sp³-hybridized carbons (Fsp3) is 0.394. The number of amides is 2. The monoisotopic (exact) mass is 580 g/mol. The second-order valence-electron chi connectivity index (χ2n) is 10.8. The van der Waals surface area contributed by atoms with Gasteiger partial charge in [-0.2, -0.15) is 0 Å². The largest absolute Gasteiger partial charge is 0.483 e. The molecule has 3 aromatic rings. The van der Waals surface area contributed by atoms with Crippen LogP contribution in [0.2, 0.25) is 10.0 Å². The minimum absolute atomic E-state index is 0.0854. The van der Waals surface area contributed by atoms with E-state index in [9.17, 15) is 9.59 Å². The molecule has 5 nitrogen and oxygen atoms in total. The number of carbonyl (C=O) groups excluding carboxylic acids is 2. The number of para-hydroxylation sites is 1. The third-order valence-corrected chi connectivity index (χ3v) is 8.21. The van der Waals surface area contributed by atoms with Gasteiger partial charge >= 0.3 is 0 Å². The molecule has 40 heavy (non-hydrogen) atoms. The number of halogens is 2. The maximum atomic E-state index is 14.0. The van der Waals surface area contributed by atoms with E-state index in [0.717, 1.165) is 36.8 Å². The second kappa shape index (κ2) is 14.6. The van der Waals surface area contributed by atoms with Crippen LogP contribution in [0.3, 0.4) is 0 Å². The number of nitrogens with zero attached hydrogens (tertiary/aromatic N) is 1. The summed E-state index contributed by atoms with van der Waals surface area (Å²) in [6.07, 6.45) is 5.62. The van der Waals surface area contributed by atoms with Crippen LogP contribution in [0.4, 0.5) is 0 Å². The minimum atomic E-state index is -0.770. The van der Waals surface area contributed by atoms with Crippen LogP contribution in [0.1, 0.15) is 68.6 Å². The normalized spacial score (nSPS) is 14.5. The average Bonchev–Trinajstić information content (AvgIpc) is 2.96. The van der Waals surface area contributed by atoms with Crippen molar-refractivity contribution in [1.82, 2.24) is 10.2 Å². The standard InChI is InChI=1S/C33H38Cl2N2O3/c1-23(2)26-16-9-10-19-31(26)40-22-32(38)37(21-27-28(34)17-11-18-29(27)35)30(20-24-12-5-3-6-13-24)33(39)36-25-14-7-4-8-15-25/h3,5-6,9-13,16-19,23,25,30H,4,7-8,14-15,20-22H2,1-2H3,(H,36,39)/t30-/m0/s1. The molecule has 0 bridgehead atoms. The number of ether oxygens (including phenoxy) is 1. The first kappa shape index (κ1) is 30.0. The van der Waals surface area contributed by atoms with Crippen molar-refractivity contribution in [2.75, 3.05) is 6.61 Å². The molecule has 0 spiro atoms. The fourth-order valence-electron chi connectivity index (χ4n) is 5.26. The fourth-order valence-corrected chi connectivity index (χ4v) is 5.78. The minimum Gasteiger partial charge on any atom is -0.483 e. The van der Waals surface area contributed by atoms with Gasteiger partial charge in [0.1, 0.15) is 11.8 Å². The Labute approximate surface area is 247 Å². The maximum Gasteiger partial charge on any atom is 0.261 e. The summed E-state index contributed by atoms with van der Waals surface area (Å²) in [6, 6.07) is 22.1. The van der Waals surface area contributed by atoms with Crippen molar-refractivity contribution in [2.45, 2.75) is 76.9 Å². The van der Waals surface area contributed by atoms with Crippen molar-refractivity contribution in [3.05, 3.63) is 99.5 Å². The summed E-state index contributed by atoms with van der Waals surface area (Å²) >= 11 is 13.1. The molecule has 0 aromatic heterocycles. The SMILES string of the molecule is CC(C)c1ccccc1OCC(=O)N(Cc1c(Cl)cccc1Cl)[C@@H](Cc1ccccc1)C(=O)NC1CCCCC1. The van der Waals surface area contributed by atoms with E-state index in [4.69, 9.17) is 27.9 Å². The van der Waals surface area contributed by atoms with Gasteiger partial charge in [-0.1, -0.05) is 111 Å². The van der Waals surface area contributed by atoms with Gasteiger partial charge in [-0.15, -0.1) is 0 Å². The summed E-state index contributed by atoms with van der Waals surface area (Å²) < 4.78 is 6.08. The summed E-state index contributed by atoms with van der Waals surface area (Å²) in [5, 5.41) is 4.14. The lowest BCUT2D eigenvalue weighted by Crippen LogP contribution is -2.53. The highest BCUT2D eigenvalue weighted by Gasteiger charge is 2.33. The van der Waals surface area contributed by atoms with E-state index in [0.29, 0.717) is 27.8 Å². The highest BCUT2D eigenvalue weighted by Crippen LogP contribution is 2.29. The molecule has 1 aliphatic rings. The van der Waals surface area contributed by atoms with Crippen LogP contribution in [-0.2, 0) is 22.6 Å². The highest BCUT2D eigenvalue weighted by molar-refractivity contribution is 6.36. The first-order valence-electron chi connectivity index (χ1n) is 14.1. The van der Waals surface area contributed by atoms with Crippen molar-refractivity contribution < 1.29 is 14.3 Å². The van der Waals surface area contributed by atoms with Crippen LogP contribution in [0, 0.1) is 0 Å². The zero-order valence-corrected chi connectivity index (χ0v) is 24.8. The summed E-state index contributed by atoms with van der Waals surface area (Å²) in [6.45, 7) is 4.04. The van der Waals surface area contributed by atoms with Gasteiger partial charge < -0.3 is 15.0 Å². The van der Waals surface area contributed by atoms with Crippen molar-refractivity contribution in [2.24, 2.45) is 0 Å². The molecule has 7 heteroatoms. The van der Waals surface area contributed by atoms with Crippen LogP contribution in [0.25, 0.3) is 0 Å². The Kier molecular flexibility index (Phi) is 10.9. The number of carbonyl (C=O) groups is 2. The molecule has 4 rings (SSSR count). The third-order valence-electron chi connectivity index (χ3n) is 7.50. The number of hydrogen-bond acceptors (Lipinski definition) is 3. The lowest BCUT2D eigenvalue weighted by molar-refractivity contribution is -0.143. The topological polar surface area (TPSA) is 58.6 Å². The first-order chi connectivity index (χ1) is 19.3. The zero-order chi connectivity index (χ0) is 28.5. The molecule has 3 aromatic carbocycles. The number of hydrogen-bond donors (Lipinski definition) is 1. The van der Waals surface area contributed by atoms with E-state index in [1.165, 1.54) is 6.42 Å². The van der Waals surface area contributed by atoms with E-state index < -0.39 is 6.04 Å². The first-order valence-corrected chi connectivity index (χ1v) is 14.9. The van der Waals surface area contributed by atoms with Crippen LogP contribution in [-0.4, -0.2) is 35.4 Å². The van der Waals surface area contributed by atoms with E-state index >= 15 is 0 Å². The predicted octanol–water partition coefficient (Wildman–Crippen LogP) is 7.58. The van der Waals surface area contributed by atoms with Crippen molar-refractivity contribution in [3.63, 3.8) is 0 Å². The molecule has 0 radical (unpaired) electrons. The van der Waals surface area contributed by atoms with Crippen LogP contribution in [0.15, 0.2) is 72.8 Å². The molecule has 212 valence electrons. The molecule has 0 saturated heterocycles. The number of benzene rings is 3.